The molecular formula is C15H22N2OS. The first-order valence-corrected chi connectivity index (χ1v) is 6.72. The van der Waals surface area contributed by atoms with E-state index in [9.17, 15) is 4.79 Å². The van der Waals surface area contributed by atoms with Crippen molar-refractivity contribution < 1.29 is 4.79 Å². The summed E-state index contributed by atoms with van der Waals surface area (Å²) in [7, 11) is 0. The number of hydrogen-bond donors (Lipinski definition) is 2. The summed E-state index contributed by atoms with van der Waals surface area (Å²) in [6.07, 6.45) is 0. The summed E-state index contributed by atoms with van der Waals surface area (Å²) < 4.78 is 0. The molecule has 0 heterocycles. The molecule has 0 fully saturated rings. The van der Waals surface area contributed by atoms with Gasteiger partial charge >= 0.3 is 0 Å². The maximum atomic E-state index is 12.3. The van der Waals surface area contributed by atoms with Crippen LogP contribution in [0.5, 0.6) is 0 Å². The topological polar surface area (TPSA) is 55.1 Å². The first kappa shape index (κ1) is 15.6. The minimum Gasteiger partial charge on any atom is -0.393 e. The third-order valence-corrected chi connectivity index (χ3v) is 3.97. The molecule has 4 heteroatoms. The van der Waals surface area contributed by atoms with E-state index in [0.29, 0.717) is 11.5 Å². The lowest BCUT2D eigenvalue weighted by Crippen LogP contribution is -2.47. The lowest BCUT2D eigenvalue weighted by Gasteiger charge is -2.28. The van der Waals surface area contributed by atoms with E-state index in [-0.39, 0.29) is 11.3 Å². The van der Waals surface area contributed by atoms with Crippen molar-refractivity contribution in [3.05, 3.63) is 35.9 Å². The summed E-state index contributed by atoms with van der Waals surface area (Å²) in [5, 5.41) is 2.94. The average Bonchev–Trinajstić information content (AvgIpc) is 2.36. The van der Waals surface area contributed by atoms with Crippen molar-refractivity contribution in [2.45, 2.75) is 33.1 Å². The zero-order chi connectivity index (χ0) is 14.7. The Balaban J connectivity index is 2.76. The van der Waals surface area contributed by atoms with Gasteiger partial charge in [-0.25, -0.2) is 0 Å². The molecular weight excluding hydrogens is 256 g/mol. The normalized spacial score (nSPS) is 12.0. The molecule has 0 aliphatic heterocycles. The molecule has 1 amide bonds. The predicted molar refractivity (Wildman–Crippen MR) is 83.0 cm³/mol. The van der Waals surface area contributed by atoms with Crippen molar-refractivity contribution in [1.82, 2.24) is 5.32 Å². The quantitative estimate of drug-likeness (QED) is 0.813. The molecule has 0 radical (unpaired) electrons. The number of carbonyl (C=O) groups is 1. The first-order valence-electron chi connectivity index (χ1n) is 6.31. The van der Waals surface area contributed by atoms with Crippen LogP contribution in [0.4, 0.5) is 0 Å². The Hall–Kier alpha value is -1.42. The van der Waals surface area contributed by atoms with Gasteiger partial charge in [0.2, 0.25) is 5.91 Å². The molecule has 1 aromatic rings. The highest BCUT2D eigenvalue weighted by atomic mass is 32.1. The maximum Gasteiger partial charge on any atom is 0.230 e. The molecule has 0 aromatic heterocycles. The Morgan fingerprint density at radius 1 is 1.21 bits per heavy atom. The fraction of sp³-hybridized carbons (Fsp3) is 0.467. The molecule has 3 nitrogen and oxygen atoms in total. The second kappa shape index (κ2) is 5.70. The van der Waals surface area contributed by atoms with Gasteiger partial charge in [-0.1, -0.05) is 56.4 Å². The Morgan fingerprint density at radius 2 is 1.74 bits per heavy atom. The molecule has 19 heavy (non-hydrogen) atoms. The van der Waals surface area contributed by atoms with Crippen LogP contribution < -0.4 is 11.1 Å². The number of carbonyl (C=O) groups excluding carboxylic acids is 1. The van der Waals surface area contributed by atoms with Crippen LogP contribution in [-0.2, 0) is 10.2 Å². The van der Waals surface area contributed by atoms with Crippen LogP contribution in [0.1, 0.15) is 33.3 Å². The van der Waals surface area contributed by atoms with Crippen LogP contribution in [0.2, 0.25) is 0 Å². The maximum absolute atomic E-state index is 12.3. The standard InChI is InChI=1S/C15H22N2OS/c1-14(2,12(16)19)10-17-13(18)15(3,4)11-8-6-5-7-9-11/h5-9H,10H2,1-4H3,(H2,16,19)(H,17,18). The molecule has 104 valence electrons. The van der Waals surface area contributed by atoms with Crippen LogP contribution >= 0.6 is 12.2 Å². The van der Waals surface area contributed by atoms with E-state index in [2.05, 4.69) is 5.32 Å². The predicted octanol–water partition coefficient (Wildman–Crippen LogP) is 2.39. The van der Waals surface area contributed by atoms with E-state index in [1.165, 1.54) is 0 Å². The Labute approximate surface area is 120 Å². The SMILES string of the molecule is CC(C)(CNC(=O)C(C)(C)c1ccccc1)C(N)=S. The van der Waals surface area contributed by atoms with Crippen molar-refractivity contribution in [1.29, 1.82) is 0 Å². The number of nitrogens with one attached hydrogen (secondary N) is 1. The van der Waals surface area contributed by atoms with Crippen LogP contribution in [-0.4, -0.2) is 17.4 Å². The van der Waals surface area contributed by atoms with E-state index < -0.39 is 5.41 Å². The second-order valence-electron chi connectivity index (χ2n) is 5.92. The Morgan fingerprint density at radius 3 is 2.21 bits per heavy atom. The number of hydrogen-bond acceptors (Lipinski definition) is 2. The van der Waals surface area contributed by atoms with Crippen molar-refractivity contribution in [3.8, 4) is 0 Å². The lowest BCUT2D eigenvalue weighted by molar-refractivity contribution is -0.125. The highest BCUT2D eigenvalue weighted by Crippen LogP contribution is 2.23. The number of nitrogens with two attached hydrogens (primary N) is 1. The van der Waals surface area contributed by atoms with Crippen LogP contribution in [0.15, 0.2) is 30.3 Å². The summed E-state index contributed by atoms with van der Waals surface area (Å²) in [4.78, 5) is 12.7. The summed E-state index contributed by atoms with van der Waals surface area (Å²) >= 11 is 5.00. The van der Waals surface area contributed by atoms with Crippen molar-refractivity contribution >= 4 is 23.1 Å². The van der Waals surface area contributed by atoms with E-state index in [4.69, 9.17) is 18.0 Å². The van der Waals surface area contributed by atoms with Crippen molar-refractivity contribution in [2.75, 3.05) is 6.54 Å². The van der Waals surface area contributed by atoms with E-state index in [1.807, 2.05) is 58.0 Å². The first-order chi connectivity index (χ1) is 8.68. The minimum absolute atomic E-state index is 0.0250. The van der Waals surface area contributed by atoms with Crippen molar-refractivity contribution in [2.24, 2.45) is 11.1 Å². The van der Waals surface area contributed by atoms with Gasteiger partial charge in [0.05, 0.1) is 10.4 Å². The molecule has 3 N–H and O–H groups in total. The lowest BCUT2D eigenvalue weighted by atomic mass is 9.83. The molecule has 0 spiro atoms. The smallest absolute Gasteiger partial charge is 0.230 e. The van der Waals surface area contributed by atoms with Gasteiger partial charge in [-0.3, -0.25) is 4.79 Å². The molecule has 0 atom stereocenters. The van der Waals surface area contributed by atoms with Gasteiger partial charge in [0, 0.05) is 12.0 Å². The summed E-state index contributed by atoms with van der Waals surface area (Å²) in [6.45, 7) is 8.10. The third-order valence-electron chi connectivity index (χ3n) is 3.42. The Bertz CT molecular complexity index is 466. The number of amides is 1. The van der Waals surface area contributed by atoms with Gasteiger partial charge in [0.15, 0.2) is 0 Å². The molecule has 1 aromatic carbocycles. The van der Waals surface area contributed by atoms with Gasteiger partial charge in [0.25, 0.3) is 0 Å². The molecule has 0 aliphatic carbocycles. The molecule has 0 saturated heterocycles. The fourth-order valence-corrected chi connectivity index (χ4v) is 1.67. The number of thiocarbonyl (C=S) groups is 1. The second-order valence-corrected chi connectivity index (χ2v) is 6.36. The average molecular weight is 278 g/mol. The number of benzene rings is 1. The summed E-state index contributed by atoms with van der Waals surface area (Å²) in [6, 6.07) is 9.72. The van der Waals surface area contributed by atoms with E-state index in [0.717, 1.165) is 5.56 Å². The molecule has 0 unspecified atom stereocenters. The molecule has 0 saturated carbocycles. The largest absolute Gasteiger partial charge is 0.393 e. The monoisotopic (exact) mass is 278 g/mol. The van der Waals surface area contributed by atoms with Crippen molar-refractivity contribution in [3.63, 3.8) is 0 Å². The van der Waals surface area contributed by atoms with Gasteiger partial charge in [-0.2, -0.15) is 0 Å². The van der Waals surface area contributed by atoms with Gasteiger partial charge in [-0.05, 0) is 19.4 Å². The highest BCUT2D eigenvalue weighted by Gasteiger charge is 2.31. The van der Waals surface area contributed by atoms with Gasteiger partial charge < -0.3 is 11.1 Å². The number of rotatable bonds is 5. The fourth-order valence-electron chi connectivity index (χ4n) is 1.60. The van der Waals surface area contributed by atoms with Crippen LogP contribution in [0, 0.1) is 5.41 Å². The van der Waals surface area contributed by atoms with Crippen LogP contribution in [0.3, 0.4) is 0 Å². The molecule has 1 rings (SSSR count). The molecule has 0 aliphatic rings. The third kappa shape index (κ3) is 3.77. The summed E-state index contributed by atoms with van der Waals surface area (Å²) in [5.41, 5.74) is 5.69. The molecule has 0 bridgehead atoms. The minimum atomic E-state index is -0.576. The van der Waals surface area contributed by atoms with Crippen LogP contribution in [0.25, 0.3) is 0 Å². The van der Waals surface area contributed by atoms with E-state index in [1.54, 1.807) is 0 Å². The van der Waals surface area contributed by atoms with Gasteiger partial charge in [0.1, 0.15) is 0 Å². The summed E-state index contributed by atoms with van der Waals surface area (Å²) in [5.74, 6) is -0.0250. The van der Waals surface area contributed by atoms with E-state index >= 15 is 0 Å². The zero-order valence-electron chi connectivity index (χ0n) is 12.0. The highest BCUT2D eigenvalue weighted by molar-refractivity contribution is 7.80. The zero-order valence-corrected chi connectivity index (χ0v) is 12.8. The van der Waals surface area contributed by atoms with Gasteiger partial charge in [-0.15, -0.1) is 0 Å². The Kier molecular flexibility index (Phi) is 4.69.